The summed E-state index contributed by atoms with van der Waals surface area (Å²) in [6.07, 6.45) is 5.44. The summed E-state index contributed by atoms with van der Waals surface area (Å²) in [5.41, 5.74) is 2.98. The SMILES string of the molecule is Cc1cccc(N(CN2C(=O)C3C4C=CC(C5CC45)C3C2=O)C(=O)c2ccccc2Cl)c1C. The molecule has 2 aromatic carbocycles. The van der Waals surface area contributed by atoms with Crippen LogP contribution in [0.25, 0.3) is 0 Å². The summed E-state index contributed by atoms with van der Waals surface area (Å²) in [4.78, 5) is 43.7. The van der Waals surface area contributed by atoms with E-state index in [9.17, 15) is 14.4 Å². The van der Waals surface area contributed by atoms with Gasteiger partial charge in [0.05, 0.1) is 22.4 Å². The molecular formula is C27H25ClN2O3. The van der Waals surface area contributed by atoms with E-state index < -0.39 is 0 Å². The van der Waals surface area contributed by atoms with Crippen LogP contribution in [0.3, 0.4) is 0 Å². The summed E-state index contributed by atoms with van der Waals surface area (Å²) in [7, 11) is 0. The Balaban J connectivity index is 1.38. The smallest absolute Gasteiger partial charge is 0.261 e. The van der Waals surface area contributed by atoms with E-state index in [1.165, 1.54) is 9.80 Å². The van der Waals surface area contributed by atoms with Crippen LogP contribution in [0.5, 0.6) is 0 Å². The minimum Gasteiger partial charge on any atom is -0.289 e. The second kappa shape index (κ2) is 7.29. The third-order valence-corrected chi connectivity index (χ3v) is 8.58. The van der Waals surface area contributed by atoms with E-state index in [1.807, 2.05) is 32.0 Å². The van der Waals surface area contributed by atoms with Gasteiger partial charge in [-0.05, 0) is 73.3 Å². The highest BCUT2D eigenvalue weighted by Gasteiger charge is 2.67. The van der Waals surface area contributed by atoms with Gasteiger partial charge in [0.25, 0.3) is 5.91 Å². The van der Waals surface area contributed by atoms with Crippen LogP contribution in [0.1, 0.15) is 27.9 Å². The Kier molecular flexibility index (Phi) is 4.57. The maximum Gasteiger partial charge on any atom is 0.261 e. The number of likely N-dealkylation sites (tertiary alicyclic amines) is 1. The minimum atomic E-state index is -0.325. The summed E-state index contributed by atoms with van der Waals surface area (Å²) in [5.74, 6) is 0.206. The number of rotatable bonds is 4. The van der Waals surface area contributed by atoms with Crippen molar-refractivity contribution in [2.24, 2.45) is 35.5 Å². The molecule has 1 heterocycles. The van der Waals surface area contributed by atoms with Gasteiger partial charge in [0, 0.05) is 5.69 Å². The number of benzene rings is 2. The van der Waals surface area contributed by atoms with Crippen molar-refractivity contribution in [3.05, 3.63) is 76.3 Å². The highest BCUT2D eigenvalue weighted by atomic mass is 35.5. The zero-order valence-electron chi connectivity index (χ0n) is 18.6. The second-order valence-corrected chi connectivity index (χ2v) is 10.2. The quantitative estimate of drug-likeness (QED) is 0.494. The summed E-state index contributed by atoms with van der Waals surface area (Å²) in [6.45, 7) is 3.82. The summed E-state index contributed by atoms with van der Waals surface area (Å²) in [5, 5.41) is 0.341. The molecule has 0 N–H and O–H groups in total. The van der Waals surface area contributed by atoms with E-state index in [0.29, 0.717) is 28.1 Å². The van der Waals surface area contributed by atoms with Gasteiger partial charge >= 0.3 is 0 Å². The summed E-state index contributed by atoms with van der Waals surface area (Å²) < 4.78 is 0. The molecule has 1 saturated heterocycles. The average molecular weight is 461 g/mol. The fourth-order valence-corrected chi connectivity index (χ4v) is 6.57. The molecule has 0 radical (unpaired) electrons. The van der Waals surface area contributed by atoms with Crippen molar-refractivity contribution >= 4 is 35.0 Å². The predicted octanol–water partition coefficient (Wildman–Crippen LogP) is 4.61. The molecule has 0 aromatic heterocycles. The Hall–Kier alpha value is -2.92. The van der Waals surface area contributed by atoms with Crippen molar-refractivity contribution in [3.8, 4) is 0 Å². The number of aryl methyl sites for hydroxylation is 1. The van der Waals surface area contributed by atoms with Gasteiger partial charge in [-0.1, -0.05) is 48.0 Å². The molecule has 5 nitrogen and oxygen atoms in total. The fraction of sp³-hybridized carbons (Fsp3) is 0.370. The molecule has 2 bridgehead atoms. The first-order chi connectivity index (χ1) is 15.9. The number of hydrogen-bond acceptors (Lipinski definition) is 3. The lowest BCUT2D eigenvalue weighted by Crippen LogP contribution is -2.45. The van der Waals surface area contributed by atoms with Crippen LogP contribution in [0.15, 0.2) is 54.6 Å². The first kappa shape index (κ1) is 20.7. The number of carbonyl (C=O) groups is 3. The van der Waals surface area contributed by atoms with Gasteiger partial charge in [0.15, 0.2) is 0 Å². The predicted molar refractivity (Wildman–Crippen MR) is 126 cm³/mol. The number of anilines is 1. The number of allylic oxidation sites excluding steroid dienone is 2. The van der Waals surface area contributed by atoms with Crippen LogP contribution in [-0.4, -0.2) is 29.3 Å². The van der Waals surface area contributed by atoms with Gasteiger partial charge < -0.3 is 0 Å². The van der Waals surface area contributed by atoms with Gasteiger partial charge in [0.1, 0.15) is 6.67 Å². The number of hydrogen-bond donors (Lipinski definition) is 0. The Labute approximate surface area is 198 Å². The Morgan fingerprint density at radius 1 is 0.970 bits per heavy atom. The lowest BCUT2D eigenvalue weighted by atomic mass is 9.63. The molecule has 168 valence electrons. The molecule has 6 heteroatoms. The maximum atomic E-state index is 13.7. The number of halogens is 1. The zero-order valence-corrected chi connectivity index (χ0v) is 19.3. The largest absolute Gasteiger partial charge is 0.289 e. The Morgan fingerprint density at radius 2 is 1.61 bits per heavy atom. The lowest BCUT2D eigenvalue weighted by Gasteiger charge is -2.37. The molecule has 1 aliphatic heterocycles. The molecule has 4 aliphatic carbocycles. The lowest BCUT2D eigenvalue weighted by molar-refractivity contribution is -0.140. The number of amides is 3. The highest BCUT2D eigenvalue weighted by molar-refractivity contribution is 6.34. The Bertz CT molecular complexity index is 1200. The number of nitrogens with zero attached hydrogens (tertiary/aromatic N) is 2. The number of imide groups is 1. The van der Waals surface area contributed by atoms with Gasteiger partial charge in [-0.25, -0.2) is 0 Å². The van der Waals surface area contributed by atoms with Crippen LogP contribution in [0.4, 0.5) is 5.69 Å². The van der Waals surface area contributed by atoms with Crippen LogP contribution in [0, 0.1) is 49.4 Å². The average Bonchev–Trinajstić information content (AvgIpc) is 3.59. The van der Waals surface area contributed by atoms with Crippen molar-refractivity contribution < 1.29 is 14.4 Å². The van der Waals surface area contributed by atoms with E-state index in [1.54, 1.807) is 24.3 Å². The molecule has 3 amide bonds. The standard InChI is InChI=1S/C27H25ClN2O3/c1-14-6-5-9-22(15(14)2)29(25(31)18-7-3-4-8-21(18)28)13-30-26(32)23-16-10-11-17(20-12-19(16)20)24(23)27(30)33/h3-11,16-17,19-20,23-24H,12-13H2,1-2H3. The maximum absolute atomic E-state index is 13.7. The highest BCUT2D eigenvalue weighted by Crippen LogP contribution is 2.65. The third kappa shape index (κ3) is 2.95. The second-order valence-electron chi connectivity index (χ2n) is 9.83. The molecule has 2 saturated carbocycles. The molecule has 6 unspecified atom stereocenters. The fourth-order valence-electron chi connectivity index (χ4n) is 6.36. The van der Waals surface area contributed by atoms with Crippen molar-refractivity contribution in [2.75, 3.05) is 11.6 Å². The van der Waals surface area contributed by atoms with Crippen LogP contribution in [0.2, 0.25) is 5.02 Å². The van der Waals surface area contributed by atoms with Crippen molar-refractivity contribution in [3.63, 3.8) is 0 Å². The van der Waals surface area contributed by atoms with Gasteiger partial charge in [0.2, 0.25) is 11.8 Å². The van der Waals surface area contributed by atoms with E-state index in [2.05, 4.69) is 12.2 Å². The molecule has 6 atom stereocenters. The monoisotopic (exact) mass is 460 g/mol. The van der Waals surface area contributed by atoms with Crippen molar-refractivity contribution in [2.45, 2.75) is 20.3 Å². The third-order valence-electron chi connectivity index (χ3n) is 8.25. The van der Waals surface area contributed by atoms with E-state index in [-0.39, 0.29) is 48.1 Å². The molecule has 33 heavy (non-hydrogen) atoms. The van der Waals surface area contributed by atoms with Gasteiger partial charge in [-0.15, -0.1) is 0 Å². The Morgan fingerprint density at radius 3 is 2.24 bits per heavy atom. The molecule has 5 aliphatic rings. The van der Waals surface area contributed by atoms with Crippen LogP contribution >= 0.6 is 11.6 Å². The van der Waals surface area contributed by atoms with Crippen molar-refractivity contribution in [1.29, 1.82) is 0 Å². The van der Waals surface area contributed by atoms with Gasteiger partial charge in [-0.3, -0.25) is 24.2 Å². The van der Waals surface area contributed by atoms with Crippen LogP contribution in [-0.2, 0) is 9.59 Å². The topological polar surface area (TPSA) is 57.7 Å². The normalized spacial score (nSPS) is 30.9. The molecule has 0 spiro atoms. The first-order valence-corrected chi connectivity index (χ1v) is 11.9. The summed E-state index contributed by atoms with van der Waals surface area (Å²) in [6, 6.07) is 12.6. The molecule has 3 fully saturated rings. The number of carbonyl (C=O) groups excluding carboxylic acids is 3. The summed E-state index contributed by atoms with van der Waals surface area (Å²) >= 11 is 6.36. The van der Waals surface area contributed by atoms with Crippen LogP contribution < -0.4 is 4.90 Å². The molecule has 2 aromatic rings. The van der Waals surface area contributed by atoms with E-state index in [0.717, 1.165) is 17.5 Å². The molecular weight excluding hydrogens is 436 g/mol. The van der Waals surface area contributed by atoms with E-state index >= 15 is 0 Å². The van der Waals surface area contributed by atoms with Gasteiger partial charge in [-0.2, -0.15) is 0 Å². The van der Waals surface area contributed by atoms with E-state index in [4.69, 9.17) is 11.6 Å². The zero-order chi connectivity index (χ0) is 23.0. The minimum absolute atomic E-state index is 0.103. The molecule has 7 rings (SSSR count). The first-order valence-electron chi connectivity index (χ1n) is 11.5. The van der Waals surface area contributed by atoms with Crippen molar-refractivity contribution in [1.82, 2.24) is 4.90 Å².